The van der Waals surface area contributed by atoms with Gasteiger partial charge in [0.1, 0.15) is 8.42 Å². The van der Waals surface area contributed by atoms with Gasteiger partial charge in [-0.05, 0) is 73.7 Å². The Morgan fingerprint density at radius 2 is 1.73 bits per heavy atom. The second-order valence-corrected chi connectivity index (χ2v) is 8.12. The highest BCUT2D eigenvalue weighted by molar-refractivity contribution is 5.94. The summed E-state index contributed by atoms with van der Waals surface area (Å²) in [7, 11) is 2.02. The summed E-state index contributed by atoms with van der Waals surface area (Å²) in [6, 6.07) is 13.5. The van der Waals surface area contributed by atoms with E-state index in [1.165, 1.54) is 70.7 Å². The largest absolute Gasteiger partial charge is 0.220 e. The molecular formula is C25H30N+. The van der Waals surface area contributed by atoms with Crippen LogP contribution < -0.4 is 4.57 Å². The van der Waals surface area contributed by atoms with Crippen molar-refractivity contribution in [2.45, 2.75) is 58.8 Å². The number of rotatable bonds is 2. The molecule has 1 aliphatic carbocycles. The van der Waals surface area contributed by atoms with E-state index in [9.17, 15) is 0 Å². The lowest BCUT2D eigenvalue weighted by Gasteiger charge is -2.22. The highest BCUT2D eigenvalue weighted by Crippen LogP contribution is 2.36. The number of aryl methyl sites for hydroxylation is 2. The molecule has 0 atom stereocenters. The average molecular weight is 346 g/mol. The standard InChI is InChI=1S/C25H30N/c1-17-14-18(2)19(3)24(15-17)25-23-11-10-21(20-8-6-5-7-9-20)16-22(23)12-13-26(25)4/h10-16,20H,5-9H2,1-4H3/q+1/i13D. The number of benzene rings is 2. The van der Waals surface area contributed by atoms with Crippen LogP contribution in [0.5, 0.6) is 0 Å². The molecule has 0 bridgehead atoms. The van der Waals surface area contributed by atoms with Gasteiger partial charge in [-0.25, -0.2) is 4.57 Å². The molecule has 0 spiro atoms. The minimum atomic E-state index is 0.567. The van der Waals surface area contributed by atoms with Crippen LogP contribution in [0.4, 0.5) is 0 Å². The van der Waals surface area contributed by atoms with Crippen molar-refractivity contribution >= 4 is 10.8 Å². The van der Waals surface area contributed by atoms with Crippen LogP contribution in [0.3, 0.4) is 0 Å². The second-order valence-electron chi connectivity index (χ2n) is 8.12. The zero-order valence-corrected chi connectivity index (χ0v) is 16.5. The predicted octanol–water partition coefficient (Wildman–Crippen LogP) is 6.30. The van der Waals surface area contributed by atoms with E-state index in [1.807, 2.05) is 17.7 Å². The molecule has 2 aromatic carbocycles. The maximum absolute atomic E-state index is 8.55. The fraction of sp³-hybridized carbons (Fsp3) is 0.400. The summed E-state index contributed by atoms with van der Waals surface area (Å²) in [5, 5.41) is 2.45. The molecule has 26 heavy (non-hydrogen) atoms. The number of hydrogen-bond donors (Lipinski definition) is 0. The van der Waals surface area contributed by atoms with E-state index in [4.69, 9.17) is 1.37 Å². The van der Waals surface area contributed by atoms with Crippen LogP contribution in [-0.2, 0) is 7.05 Å². The molecule has 3 aromatic rings. The van der Waals surface area contributed by atoms with Crippen LogP contribution >= 0.6 is 0 Å². The minimum absolute atomic E-state index is 0.567. The quantitative estimate of drug-likeness (QED) is 0.480. The minimum Gasteiger partial charge on any atom is -0.200 e. The van der Waals surface area contributed by atoms with Gasteiger partial charge in [0.15, 0.2) is 6.17 Å². The molecule has 134 valence electrons. The molecule has 1 heterocycles. The Morgan fingerprint density at radius 1 is 0.962 bits per heavy atom. The van der Waals surface area contributed by atoms with Crippen LogP contribution in [0.15, 0.2) is 42.6 Å². The predicted molar refractivity (Wildman–Crippen MR) is 111 cm³/mol. The molecule has 1 aliphatic rings. The molecule has 1 heteroatoms. The van der Waals surface area contributed by atoms with Crippen LogP contribution in [0, 0.1) is 20.8 Å². The van der Waals surface area contributed by atoms with Gasteiger partial charge in [-0.1, -0.05) is 43.0 Å². The fourth-order valence-corrected chi connectivity index (χ4v) is 4.63. The van der Waals surface area contributed by atoms with Crippen molar-refractivity contribution in [3.8, 4) is 11.3 Å². The van der Waals surface area contributed by atoms with Gasteiger partial charge >= 0.3 is 0 Å². The topological polar surface area (TPSA) is 3.88 Å². The molecule has 4 rings (SSSR count). The Balaban J connectivity index is 1.94. The van der Waals surface area contributed by atoms with Gasteiger partial charge in [0.05, 0.1) is 10.9 Å². The van der Waals surface area contributed by atoms with Crippen LogP contribution in [0.25, 0.3) is 22.0 Å². The van der Waals surface area contributed by atoms with Crippen LogP contribution in [0.1, 0.15) is 61.6 Å². The molecule has 1 saturated carbocycles. The molecule has 1 fully saturated rings. The van der Waals surface area contributed by atoms with Crippen molar-refractivity contribution in [2.75, 3.05) is 0 Å². The highest BCUT2D eigenvalue weighted by Gasteiger charge is 2.20. The first-order chi connectivity index (χ1) is 13.0. The third-order valence-corrected chi connectivity index (χ3v) is 6.22. The van der Waals surface area contributed by atoms with Crippen molar-refractivity contribution in [3.63, 3.8) is 0 Å². The summed E-state index contributed by atoms with van der Waals surface area (Å²) in [4.78, 5) is 0. The normalized spacial score (nSPS) is 16.1. The lowest BCUT2D eigenvalue weighted by Crippen LogP contribution is -2.30. The number of aromatic nitrogens is 1. The fourth-order valence-electron chi connectivity index (χ4n) is 4.63. The van der Waals surface area contributed by atoms with Crippen molar-refractivity contribution < 1.29 is 5.94 Å². The van der Waals surface area contributed by atoms with E-state index < -0.39 is 0 Å². The van der Waals surface area contributed by atoms with E-state index >= 15 is 0 Å². The third kappa shape index (κ3) is 3.05. The Bertz CT molecular complexity index is 1010. The Kier molecular flexibility index (Phi) is 4.24. The zero-order chi connectivity index (χ0) is 19.1. The molecule has 0 unspecified atom stereocenters. The lowest BCUT2D eigenvalue weighted by molar-refractivity contribution is -0.659. The van der Waals surface area contributed by atoms with E-state index in [0.717, 1.165) is 5.69 Å². The summed E-state index contributed by atoms with van der Waals surface area (Å²) in [6.07, 6.45) is 7.27. The summed E-state index contributed by atoms with van der Waals surface area (Å²) in [6.45, 7) is 6.53. The Hall–Kier alpha value is -2.15. The Morgan fingerprint density at radius 3 is 2.50 bits per heavy atom. The molecule has 0 N–H and O–H groups in total. The Labute approximate surface area is 159 Å². The van der Waals surface area contributed by atoms with Crippen molar-refractivity contribution in [2.24, 2.45) is 7.05 Å². The summed E-state index contributed by atoms with van der Waals surface area (Å²) < 4.78 is 10.6. The molecule has 0 radical (unpaired) electrons. The van der Waals surface area contributed by atoms with Crippen LogP contribution in [0.2, 0.25) is 0 Å². The van der Waals surface area contributed by atoms with Gasteiger partial charge in [0.25, 0.3) is 0 Å². The van der Waals surface area contributed by atoms with Gasteiger partial charge in [-0.2, -0.15) is 0 Å². The van der Waals surface area contributed by atoms with Crippen molar-refractivity contribution in [1.29, 1.82) is 0 Å². The summed E-state index contributed by atoms with van der Waals surface area (Å²) in [5.74, 6) is 0.692. The molecule has 1 nitrogen and oxygen atoms in total. The van der Waals surface area contributed by atoms with E-state index in [2.05, 4.69) is 51.1 Å². The molecule has 0 saturated heterocycles. The summed E-state index contributed by atoms with van der Waals surface area (Å²) >= 11 is 0. The van der Waals surface area contributed by atoms with E-state index in [0.29, 0.717) is 12.1 Å². The maximum Gasteiger partial charge on any atom is 0.220 e. The lowest BCUT2D eigenvalue weighted by atomic mass is 9.83. The van der Waals surface area contributed by atoms with Crippen molar-refractivity contribution in [3.05, 3.63) is 64.8 Å². The highest BCUT2D eigenvalue weighted by atomic mass is 14.9. The molecular weight excluding hydrogens is 314 g/mol. The van der Waals surface area contributed by atoms with E-state index in [1.54, 1.807) is 0 Å². The van der Waals surface area contributed by atoms with Gasteiger partial charge < -0.3 is 0 Å². The van der Waals surface area contributed by atoms with E-state index in [-0.39, 0.29) is 0 Å². The maximum atomic E-state index is 8.55. The van der Waals surface area contributed by atoms with Crippen molar-refractivity contribution in [1.82, 2.24) is 0 Å². The first-order valence-corrected chi connectivity index (χ1v) is 9.97. The monoisotopic (exact) mass is 345 g/mol. The SMILES string of the molecule is [2H]c1cc2cc(C3CCCCC3)ccc2c(-c2cc(C)cc(C)c2C)[n+]1C. The van der Waals surface area contributed by atoms with Gasteiger partial charge in [-0.15, -0.1) is 0 Å². The van der Waals surface area contributed by atoms with Gasteiger partial charge in [0.2, 0.25) is 5.69 Å². The zero-order valence-electron chi connectivity index (χ0n) is 17.5. The summed E-state index contributed by atoms with van der Waals surface area (Å²) in [5.41, 5.74) is 7.76. The number of nitrogens with zero attached hydrogens (tertiary/aromatic N) is 1. The second kappa shape index (κ2) is 6.87. The van der Waals surface area contributed by atoms with Crippen LogP contribution in [-0.4, -0.2) is 0 Å². The van der Waals surface area contributed by atoms with Gasteiger partial charge in [-0.3, -0.25) is 0 Å². The smallest absolute Gasteiger partial charge is 0.200 e. The number of fused-ring (bicyclic) bond motifs is 1. The first-order valence-electron chi connectivity index (χ1n) is 10.5. The molecule has 0 aliphatic heterocycles. The number of hydrogen-bond acceptors (Lipinski definition) is 0. The van der Waals surface area contributed by atoms with Gasteiger partial charge in [0, 0.05) is 6.07 Å². The average Bonchev–Trinajstić information content (AvgIpc) is 2.66. The first kappa shape index (κ1) is 16.1. The third-order valence-electron chi connectivity index (χ3n) is 6.22. The molecule has 0 amide bonds. The molecule has 1 aromatic heterocycles. The number of pyridine rings is 1.